The summed E-state index contributed by atoms with van der Waals surface area (Å²) in [6.45, 7) is 11.0. The quantitative estimate of drug-likeness (QED) is 0.529. The first-order chi connectivity index (χ1) is 6.82. The third-order valence-corrected chi connectivity index (χ3v) is 2.74. The smallest absolute Gasteiger partial charge is 0.0785 e. The Morgan fingerprint density at radius 1 is 1.20 bits per heavy atom. The summed E-state index contributed by atoms with van der Waals surface area (Å²) in [7, 11) is 1.76. The lowest BCUT2D eigenvalue weighted by atomic mass is 9.82. The topological polar surface area (TPSA) is 47.3 Å². The van der Waals surface area contributed by atoms with E-state index >= 15 is 0 Å². The van der Waals surface area contributed by atoms with Crippen LogP contribution in [0.2, 0.25) is 0 Å². The van der Waals surface area contributed by atoms with Crippen molar-refractivity contribution in [1.29, 1.82) is 0 Å². The number of methoxy groups -OCH3 is 1. The number of hydrogen-bond donors (Lipinski definition) is 2. The summed E-state index contributed by atoms with van der Waals surface area (Å²) < 4.78 is 5.56. The lowest BCUT2D eigenvalue weighted by molar-refractivity contribution is -0.0142. The van der Waals surface area contributed by atoms with Crippen LogP contribution in [0.5, 0.6) is 0 Å². The van der Waals surface area contributed by atoms with E-state index < -0.39 is 0 Å². The first kappa shape index (κ1) is 14.9. The van der Waals surface area contributed by atoms with Gasteiger partial charge in [0.1, 0.15) is 0 Å². The van der Waals surface area contributed by atoms with Crippen LogP contribution in [0.4, 0.5) is 0 Å². The van der Waals surface area contributed by atoms with Crippen molar-refractivity contribution in [3.05, 3.63) is 0 Å². The first-order valence-corrected chi connectivity index (χ1v) is 5.81. The van der Waals surface area contributed by atoms with E-state index in [9.17, 15) is 0 Å². The van der Waals surface area contributed by atoms with Gasteiger partial charge in [-0.05, 0) is 24.2 Å². The van der Waals surface area contributed by atoms with Gasteiger partial charge in [-0.2, -0.15) is 0 Å². The van der Waals surface area contributed by atoms with Gasteiger partial charge in [-0.3, -0.25) is 11.3 Å². The zero-order chi connectivity index (χ0) is 12.1. The molecule has 0 radical (unpaired) electrons. The maximum Gasteiger partial charge on any atom is 0.0785 e. The second-order valence-electron chi connectivity index (χ2n) is 5.77. The van der Waals surface area contributed by atoms with Gasteiger partial charge in [0.05, 0.1) is 6.10 Å². The Labute approximate surface area is 94.7 Å². The van der Waals surface area contributed by atoms with E-state index in [1.165, 1.54) is 6.42 Å². The maximum absolute atomic E-state index is 5.60. The van der Waals surface area contributed by atoms with Gasteiger partial charge >= 0.3 is 0 Å². The number of hydrazine groups is 1. The van der Waals surface area contributed by atoms with Crippen LogP contribution in [0.1, 0.15) is 47.5 Å². The predicted molar refractivity (Wildman–Crippen MR) is 65.4 cm³/mol. The summed E-state index contributed by atoms with van der Waals surface area (Å²) in [6.07, 6.45) is 2.38. The van der Waals surface area contributed by atoms with Crippen molar-refractivity contribution in [2.24, 2.45) is 17.2 Å². The van der Waals surface area contributed by atoms with Crippen molar-refractivity contribution in [3.63, 3.8) is 0 Å². The molecule has 0 bridgehead atoms. The molecule has 2 unspecified atom stereocenters. The fraction of sp³-hybridized carbons (Fsp3) is 1.00. The van der Waals surface area contributed by atoms with Gasteiger partial charge < -0.3 is 4.74 Å². The minimum absolute atomic E-state index is 0.114. The molecule has 0 heterocycles. The molecule has 0 saturated heterocycles. The molecule has 2 atom stereocenters. The largest absolute Gasteiger partial charge is 0.379 e. The Bertz CT molecular complexity index is 163. The van der Waals surface area contributed by atoms with Gasteiger partial charge in [-0.1, -0.05) is 34.6 Å². The summed E-state index contributed by atoms with van der Waals surface area (Å²) >= 11 is 0. The summed E-state index contributed by atoms with van der Waals surface area (Å²) in [5.74, 6) is 6.31. The van der Waals surface area contributed by atoms with E-state index in [0.29, 0.717) is 5.92 Å². The van der Waals surface area contributed by atoms with Gasteiger partial charge in [0.2, 0.25) is 0 Å². The van der Waals surface area contributed by atoms with Crippen molar-refractivity contribution in [1.82, 2.24) is 5.43 Å². The third kappa shape index (κ3) is 5.50. The SMILES string of the molecule is COC(C(CCC(C)C)NN)C(C)(C)C. The minimum atomic E-state index is 0.114. The predicted octanol–water partition coefficient (Wildman–Crippen LogP) is 2.32. The molecule has 3 N–H and O–H groups in total. The van der Waals surface area contributed by atoms with Crippen LogP contribution in [0.15, 0.2) is 0 Å². The summed E-state index contributed by atoms with van der Waals surface area (Å²) in [6, 6.07) is 0.234. The number of nitrogens with one attached hydrogen (secondary N) is 1. The molecule has 0 fully saturated rings. The van der Waals surface area contributed by atoms with Crippen molar-refractivity contribution in [3.8, 4) is 0 Å². The molecule has 0 aromatic heterocycles. The molecule has 0 saturated carbocycles. The molecule has 0 rings (SSSR count). The van der Waals surface area contributed by atoms with E-state index in [2.05, 4.69) is 40.0 Å². The highest BCUT2D eigenvalue weighted by molar-refractivity contribution is 4.85. The lowest BCUT2D eigenvalue weighted by Gasteiger charge is -2.36. The molecular weight excluding hydrogens is 188 g/mol. The third-order valence-electron chi connectivity index (χ3n) is 2.74. The van der Waals surface area contributed by atoms with Crippen molar-refractivity contribution >= 4 is 0 Å². The Hall–Kier alpha value is -0.120. The van der Waals surface area contributed by atoms with Gasteiger partial charge in [0, 0.05) is 13.2 Å². The molecule has 0 amide bonds. The molecule has 0 aliphatic rings. The second-order valence-corrected chi connectivity index (χ2v) is 5.77. The molecule has 0 aliphatic carbocycles. The highest BCUT2D eigenvalue weighted by atomic mass is 16.5. The molecule has 0 spiro atoms. The highest BCUT2D eigenvalue weighted by Crippen LogP contribution is 2.26. The van der Waals surface area contributed by atoms with E-state index in [-0.39, 0.29) is 17.6 Å². The van der Waals surface area contributed by atoms with Gasteiger partial charge in [0.25, 0.3) is 0 Å². The molecule has 92 valence electrons. The van der Waals surface area contributed by atoms with Crippen LogP contribution in [0.25, 0.3) is 0 Å². The van der Waals surface area contributed by atoms with Crippen LogP contribution in [0, 0.1) is 11.3 Å². The zero-order valence-corrected chi connectivity index (χ0v) is 11.1. The van der Waals surface area contributed by atoms with Crippen LogP contribution in [-0.2, 0) is 4.74 Å². The molecular formula is C12H28N2O. The molecule has 0 aliphatic heterocycles. The Morgan fingerprint density at radius 2 is 1.73 bits per heavy atom. The summed E-state index contributed by atoms with van der Waals surface area (Å²) in [5.41, 5.74) is 3.00. The van der Waals surface area contributed by atoms with Crippen LogP contribution < -0.4 is 11.3 Å². The monoisotopic (exact) mass is 216 g/mol. The Morgan fingerprint density at radius 3 is 2.00 bits per heavy atom. The van der Waals surface area contributed by atoms with E-state index in [4.69, 9.17) is 10.6 Å². The van der Waals surface area contributed by atoms with Crippen LogP contribution in [0.3, 0.4) is 0 Å². The number of nitrogens with two attached hydrogens (primary N) is 1. The van der Waals surface area contributed by atoms with E-state index in [0.717, 1.165) is 6.42 Å². The number of ether oxygens (including phenoxy) is 1. The molecule has 0 aromatic carbocycles. The first-order valence-electron chi connectivity index (χ1n) is 5.81. The standard InChI is InChI=1S/C12H28N2O/c1-9(2)7-8-10(14-13)11(15-6)12(3,4)5/h9-11,14H,7-8,13H2,1-6H3. The number of rotatable bonds is 6. The van der Waals surface area contributed by atoms with E-state index in [1.54, 1.807) is 7.11 Å². The van der Waals surface area contributed by atoms with E-state index in [1.807, 2.05) is 0 Å². The minimum Gasteiger partial charge on any atom is -0.379 e. The Balaban J connectivity index is 4.35. The molecule has 15 heavy (non-hydrogen) atoms. The fourth-order valence-electron chi connectivity index (χ4n) is 1.96. The average Bonchev–Trinajstić information content (AvgIpc) is 2.09. The molecule has 0 aromatic rings. The number of hydrogen-bond acceptors (Lipinski definition) is 3. The second kappa shape index (κ2) is 6.46. The maximum atomic E-state index is 5.60. The van der Waals surface area contributed by atoms with Crippen molar-refractivity contribution < 1.29 is 4.74 Å². The normalized spacial score (nSPS) is 16.8. The summed E-state index contributed by atoms with van der Waals surface area (Å²) in [4.78, 5) is 0. The molecule has 3 nitrogen and oxygen atoms in total. The van der Waals surface area contributed by atoms with Gasteiger partial charge in [-0.15, -0.1) is 0 Å². The summed E-state index contributed by atoms with van der Waals surface area (Å²) in [5, 5.41) is 0. The highest BCUT2D eigenvalue weighted by Gasteiger charge is 2.31. The van der Waals surface area contributed by atoms with Gasteiger partial charge in [0.15, 0.2) is 0 Å². The average molecular weight is 216 g/mol. The van der Waals surface area contributed by atoms with Crippen molar-refractivity contribution in [2.75, 3.05) is 7.11 Å². The molecule has 3 heteroatoms. The van der Waals surface area contributed by atoms with Crippen molar-refractivity contribution in [2.45, 2.75) is 59.6 Å². The fourth-order valence-corrected chi connectivity index (χ4v) is 1.96. The van der Waals surface area contributed by atoms with Gasteiger partial charge in [-0.25, -0.2) is 0 Å². The Kier molecular flexibility index (Phi) is 6.41. The zero-order valence-electron chi connectivity index (χ0n) is 11.1. The van der Waals surface area contributed by atoms with Crippen LogP contribution in [-0.4, -0.2) is 19.3 Å². The lowest BCUT2D eigenvalue weighted by Crippen LogP contribution is -2.50. The van der Waals surface area contributed by atoms with Crippen LogP contribution >= 0.6 is 0 Å².